The number of rotatable bonds is 0. The van der Waals surface area contributed by atoms with Gasteiger partial charge in [-0.3, -0.25) is 0 Å². The first-order chi connectivity index (χ1) is 10.9. The highest BCUT2D eigenvalue weighted by molar-refractivity contribution is 5.13. The fraction of sp³-hybridized carbons (Fsp3) is 0.952. The van der Waals surface area contributed by atoms with Crippen LogP contribution in [0.15, 0.2) is 0 Å². The summed E-state index contributed by atoms with van der Waals surface area (Å²) in [6, 6.07) is 2.64. The quantitative estimate of drug-likeness (QED) is 0.699. The molecular weight excluding hydrogens is 282 g/mol. The standard InChI is InChI=1S/C21H33NO/c1-13-16-7-5-15-17-6-4-14(12-22)20(17,2)10-8-18(15)21(16,3)11-9-19(13)23/h13-19,23H,4-11H2,1-3H3/t13-,14-,15+,16+,17+,18+,19-,20-,21+/m1/s1. The number of aliphatic hydroxyl groups is 1. The first kappa shape index (κ1) is 15.9. The van der Waals surface area contributed by atoms with E-state index in [1.54, 1.807) is 0 Å². The summed E-state index contributed by atoms with van der Waals surface area (Å²) in [5.41, 5.74) is 0.729. The largest absolute Gasteiger partial charge is 0.393 e. The van der Waals surface area contributed by atoms with Crippen LogP contribution < -0.4 is 0 Å². The summed E-state index contributed by atoms with van der Waals surface area (Å²) in [7, 11) is 0. The molecule has 9 atom stereocenters. The van der Waals surface area contributed by atoms with Crippen molar-refractivity contribution >= 4 is 0 Å². The number of hydrogen-bond donors (Lipinski definition) is 1. The van der Waals surface area contributed by atoms with E-state index >= 15 is 0 Å². The Kier molecular flexibility index (Phi) is 3.62. The monoisotopic (exact) mass is 315 g/mol. The summed E-state index contributed by atoms with van der Waals surface area (Å²) >= 11 is 0. The average molecular weight is 316 g/mol. The SMILES string of the molecule is C[C@H]1[C@H](O)CC[C@@]2(C)[C@H]1CC[C@@H]1[C@@H]2CC[C@]2(C)[C@@H](C#N)CC[C@@H]12. The van der Waals surface area contributed by atoms with Gasteiger partial charge < -0.3 is 5.11 Å². The van der Waals surface area contributed by atoms with Crippen molar-refractivity contribution in [2.75, 3.05) is 0 Å². The molecule has 4 aliphatic rings. The summed E-state index contributed by atoms with van der Waals surface area (Å²) in [6.45, 7) is 7.27. The molecule has 0 bridgehead atoms. The third-order valence-corrected chi connectivity index (χ3v) is 9.32. The van der Waals surface area contributed by atoms with Crippen LogP contribution >= 0.6 is 0 Å². The molecule has 0 radical (unpaired) electrons. The van der Waals surface area contributed by atoms with Crippen molar-refractivity contribution in [3.8, 4) is 6.07 Å². The van der Waals surface area contributed by atoms with Crippen LogP contribution in [0.1, 0.15) is 72.1 Å². The van der Waals surface area contributed by atoms with Gasteiger partial charge in [0.1, 0.15) is 0 Å². The van der Waals surface area contributed by atoms with Gasteiger partial charge in [-0.2, -0.15) is 5.26 Å². The van der Waals surface area contributed by atoms with Crippen molar-refractivity contribution in [3.05, 3.63) is 0 Å². The molecule has 128 valence electrons. The third-order valence-electron chi connectivity index (χ3n) is 9.32. The van der Waals surface area contributed by atoms with E-state index in [1.807, 2.05) is 0 Å². The van der Waals surface area contributed by atoms with E-state index < -0.39 is 0 Å². The Morgan fingerprint density at radius 2 is 1.52 bits per heavy atom. The Balaban J connectivity index is 1.64. The van der Waals surface area contributed by atoms with Crippen molar-refractivity contribution in [1.82, 2.24) is 0 Å². The van der Waals surface area contributed by atoms with Crippen molar-refractivity contribution in [2.24, 2.45) is 46.3 Å². The first-order valence-electron chi connectivity index (χ1n) is 9.99. The second-order valence-electron chi connectivity index (χ2n) is 9.84. The summed E-state index contributed by atoms with van der Waals surface area (Å²) in [6.07, 6.45) is 9.80. The van der Waals surface area contributed by atoms with Crippen LogP contribution in [0.25, 0.3) is 0 Å². The first-order valence-corrected chi connectivity index (χ1v) is 9.99. The zero-order valence-corrected chi connectivity index (χ0v) is 15.1. The molecule has 23 heavy (non-hydrogen) atoms. The van der Waals surface area contributed by atoms with Crippen LogP contribution in [0.4, 0.5) is 0 Å². The lowest BCUT2D eigenvalue weighted by Gasteiger charge is -2.62. The van der Waals surface area contributed by atoms with E-state index in [2.05, 4.69) is 26.8 Å². The lowest BCUT2D eigenvalue weighted by atomic mass is 9.43. The average Bonchev–Trinajstić information content (AvgIpc) is 2.88. The number of hydrogen-bond acceptors (Lipinski definition) is 2. The fourth-order valence-corrected chi connectivity index (χ4v) is 7.92. The zero-order valence-electron chi connectivity index (χ0n) is 15.1. The minimum atomic E-state index is -0.0760. The molecule has 0 amide bonds. The second-order valence-corrected chi connectivity index (χ2v) is 9.84. The van der Waals surface area contributed by atoms with Crippen LogP contribution in [0.2, 0.25) is 0 Å². The van der Waals surface area contributed by atoms with Gasteiger partial charge in [-0.15, -0.1) is 0 Å². The maximum Gasteiger partial charge on any atom is 0.0661 e. The maximum absolute atomic E-state index is 10.3. The van der Waals surface area contributed by atoms with Gasteiger partial charge in [0.05, 0.1) is 18.1 Å². The van der Waals surface area contributed by atoms with Gasteiger partial charge in [0.15, 0.2) is 0 Å². The third kappa shape index (κ3) is 2.02. The molecule has 4 fully saturated rings. The zero-order chi connectivity index (χ0) is 16.4. The molecule has 0 unspecified atom stereocenters. The Labute approximate surface area is 141 Å². The Morgan fingerprint density at radius 3 is 2.26 bits per heavy atom. The molecule has 0 spiro atoms. The van der Waals surface area contributed by atoms with Gasteiger partial charge in [-0.1, -0.05) is 20.8 Å². The van der Waals surface area contributed by atoms with Crippen molar-refractivity contribution in [1.29, 1.82) is 5.26 Å². The normalized spacial score (nSPS) is 58.7. The van der Waals surface area contributed by atoms with E-state index in [4.69, 9.17) is 0 Å². The molecule has 4 saturated carbocycles. The Hall–Kier alpha value is -0.550. The summed E-state index contributed by atoms with van der Waals surface area (Å²) < 4.78 is 0. The van der Waals surface area contributed by atoms with E-state index in [9.17, 15) is 10.4 Å². The minimum absolute atomic E-state index is 0.0760. The van der Waals surface area contributed by atoms with E-state index in [1.165, 1.54) is 38.5 Å². The Bertz CT molecular complexity index is 524. The second kappa shape index (κ2) is 5.22. The lowest BCUT2D eigenvalue weighted by Crippen LogP contribution is -2.56. The van der Waals surface area contributed by atoms with E-state index in [-0.39, 0.29) is 6.10 Å². The van der Waals surface area contributed by atoms with E-state index in [0.29, 0.717) is 28.6 Å². The number of aliphatic hydroxyl groups excluding tert-OH is 1. The summed E-state index contributed by atoms with van der Waals surface area (Å²) in [5, 5.41) is 19.9. The highest BCUT2D eigenvalue weighted by Crippen LogP contribution is 2.67. The topological polar surface area (TPSA) is 44.0 Å². The van der Waals surface area contributed by atoms with Crippen molar-refractivity contribution in [3.63, 3.8) is 0 Å². The highest BCUT2D eigenvalue weighted by atomic mass is 16.3. The molecular formula is C21H33NO. The van der Waals surface area contributed by atoms with Crippen LogP contribution in [0.5, 0.6) is 0 Å². The molecule has 4 aliphatic carbocycles. The van der Waals surface area contributed by atoms with Crippen molar-refractivity contribution < 1.29 is 5.11 Å². The van der Waals surface area contributed by atoms with Gasteiger partial charge in [0.25, 0.3) is 0 Å². The molecule has 4 rings (SSSR count). The minimum Gasteiger partial charge on any atom is -0.393 e. The molecule has 1 N–H and O–H groups in total. The van der Waals surface area contributed by atoms with Gasteiger partial charge in [0.2, 0.25) is 0 Å². The van der Waals surface area contributed by atoms with Crippen LogP contribution in [-0.4, -0.2) is 11.2 Å². The fourth-order valence-electron chi connectivity index (χ4n) is 7.92. The highest BCUT2D eigenvalue weighted by Gasteiger charge is 2.61. The molecule has 0 aromatic heterocycles. The maximum atomic E-state index is 10.3. The van der Waals surface area contributed by atoms with Gasteiger partial charge >= 0.3 is 0 Å². The molecule has 0 heterocycles. The summed E-state index contributed by atoms with van der Waals surface area (Å²) in [5.74, 6) is 3.95. The van der Waals surface area contributed by atoms with Gasteiger partial charge in [0, 0.05) is 0 Å². The summed E-state index contributed by atoms with van der Waals surface area (Å²) in [4.78, 5) is 0. The van der Waals surface area contributed by atoms with E-state index in [0.717, 1.165) is 30.6 Å². The molecule has 2 nitrogen and oxygen atoms in total. The molecule has 0 aromatic carbocycles. The predicted octanol–water partition coefficient (Wildman–Crippen LogP) is 4.78. The van der Waals surface area contributed by atoms with Gasteiger partial charge in [-0.05, 0) is 91.8 Å². The predicted molar refractivity (Wildman–Crippen MR) is 91.4 cm³/mol. The van der Waals surface area contributed by atoms with Crippen LogP contribution in [-0.2, 0) is 0 Å². The number of fused-ring (bicyclic) bond motifs is 5. The molecule has 2 heteroatoms. The number of nitrogens with zero attached hydrogens (tertiary/aromatic N) is 1. The van der Waals surface area contributed by atoms with Crippen molar-refractivity contribution in [2.45, 2.75) is 78.2 Å². The lowest BCUT2D eigenvalue weighted by molar-refractivity contribution is -0.145. The molecule has 0 aliphatic heterocycles. The number of nitriles is 1. The van der Waals surface area contributed by atoms with Gasteiger partial charge in [-0.25, -0.2) is 0 Å². The molecule has 0 saturated heterocycles. The molecule has 0 aromatic rings. The van der Waals surface area contributed by atoms with Crippen LogP contribution in [0, 0.1) is 57.7 Å². The van der Waals surface area contributed by atoms with Crippen LogP contribution in [0.3, 0.4) is 0 Å². The smallest absolute Gasteiger partial charge is 0.0661 e. The Morgan fingerprint density at radius 1 is 0.870 bits per heavy atom.